The predicted molar refractivity (Wildman–Crippen MR) is 123 cm³/mol. The minimum atomic E-state index is -3.60. The van der Waals surface area contributed by atoms with Gasteiger partial charge >= 0.3 is 0 Å². The van der Waals surface area contributed by atoms with Crippen LogP contribution >= 0.6 is 23.5 Å². The van der Waals surface area contributed by atoms with E-state index in [2.05, 4.69) is 25.7 Å². The fourth-order valence-electron chi connectivity index (χ4n) is 2.55. The Kier molecular flexibility index (Phi) is 9.46. The molecule has 3 nitrogen and oxygen atoms in total. The summed E-state index contributed by atoms with van der Waals surface area (Å²) in [7, 11) is -3.60. The van der Waals surface area contributed by atoms with Gasteiger partial charge in [-0.25, -0.2) is 8.42 Å². The maximum absolute atomic E-state index is 13.3. The molecule has 2 aromatic carbocycles. The number of nitrogens with zero attached hydrogens (tertiary/aromatic N) is 1. The van der Waals surface area contributed by atoms with Crippen LogP contribution in [-0.2, 0) is 10.0 Å². The van der Waals surface area contributed by atoms with Gasteiger partial charge in [-0.05, 0) is 42.7 Å². The summed E-state index contributed by atoms with van der Waals surface area (Å²) >= 11 is 3.56. The van der Waals surface area contributed by atoms with Crippen molar-refractivity contribution in [2.75, 3.05) is 24.6 Å². The van der Waals surface area contributed by atoms with E-state index in [4.69, 9.17) is 0 Å². The second-order valence-corrected chi connectivity index (χ2v) is 11.3. The van der Waals surface area contributed by atoms with E-state index in [1.54, 1.807) is 35.7 Å². The number of hydrogen-bond acceptors (Lipinski definition) is 4. The smallest absolute Gasteiger partial charge is 0.207 e. The standard InChI is InChI=1S/C22H27NO2S3/c1-4-26-22(27-5-2)18-23(17-9-12-20-10-7-6-8-11-20)28(24,25)21-15-13-19(3)14-16-21/h6-8,10-11,13-16,22H,4-5,17-18H2,1-3H3. The summed E-state index contributed by atoms with van der Waals surface area (Å²) in [5, 5.41) is 0. The van der Waals surface area contributed by atoms with Crippen LogP contribution in [0.15, 0.2) is 59.5 Å². The molecule has 0 aliphatic heterocycles. The summed E-state index contributed by atoms with van der Waals surface area (Å²) in [4.78, 5) is 0.321. The van der Waals surface area contributed by atoms with Crippen LogP contribution in [0.3, 0.4) is 0 Å². The maximum atomic E-state index is 13.3. The Morgan fingerprint density at radius 3 is 2.14 bits per heavy atom. The summed E-state index contributed by atoms with van der Waals surface area (Å²) < 4.78 is 28.2. The zero-order valence-electron chi connectivity index (χ0n) is 16.6. The average Bonchev–Trinajstić information content (AvgIpc) is 2.68. The van der Waals surface area contributed by atoms with E-state index in [1.807, 2.05) is 49.4 Å². The molecule has 0 saturated heterocycles. The maximum Gasteiger partial charge on any atom is 0.244 e. The first-order valence-corrected chi connectivity index (χ1v) is 12.8. The van der Waals surface area contributed by atoms with Crippen LogP contribution < -0.4 is 0 Å². The lowest BCUT2D eigenvalue weighted by Gasteiger charge is -2.25. The molecule has 0 N–H and O–H groups in total. The van der Waals surface area contributed by atoms with Crippen molar-refractivity contribution >= 4 is 33.5 Å². The molecule has 0 aliphatic rings. The molecule has 0 saturated carbocycles. The van der Waals surface area contributed by atoms with E-state index in [-0.39, 0.29) is 11.1 Å². The van der Waals surface area contributed by atoms with Gasteiger partial charge in [-0.15, -0.1) is 23.5 Å². The van der Waals surface area contributed by atoms with Crippen molar-refractivity contribution in [1.82, 2.24) is 4.31 Å². The Bertz CT molecular complexity index is 879. The zero-order valence-corrected chi connectivity index (χ0v) is 19.0. The molecule has 0 spiro atoms. The Hall–Kier alpha value is -1.39. The Morgan fingerprint density at radius 1 is 0.964 bits per heavy atom. The highest BCUT2D eigenvalue weighted by atomic mass is 32.2. The van der Waals surface area contributed by atoms with E-state index in [1.165, 1.54) is 4.31 Å². The second-order valence-electron chi connectivity index (χ2n) is 6.12. The fourth-order valence-corrected chi connectivity index (χ4v) is 6.61. The minimum Gasteiger partial charge on any atom is -0.207 e. The van der Waals surface area contributed by atoms with E-state index in [0.29, 0.717) is 11.4 Å². The third kappa shape index (κ3) is 6.89. The Balaban J connectivity index is 2.29. The number of benzene rings is 2. The fraction of sp³-hybridized carbons (Fsp3) is 0.364. The lowest BCUT2D eigenvalue weighted by molar-refractivity contribution is 0.462. The van der Waals surface area contributed by atoms with Crippen molar-refractivity contribution in [2.45, 2.75) is 30.2 Å². The molecular weight excluding hydrogens is 406 g/mol. The van der Waals surface area contributed by atoms with Gasteiger partial charge in [-0.3, -0.25) is 0 Å². The van der Waals surface area contributed by atoms with Crippen LogP contribution in [0.4, 0.5) is 0 Å². The molecule has 0 atom stereocenters. The summed E-state index contributed by atoms with van der Waals surface area (Å²) in [6, 6.07) is 16.7. The van der Waals surface area contributed by atoms with E-state index in [9.17, 15) is 8.42 Å². The van der Waals surface area contributed by atoms with E-state index >= 15 is 0 Å². The average molecular weight is 434 g/mol. The molecule has 2 rings (SSSR count). The molecule has 0 radical (unpaired) electrons. The predicted octanol–water partition coefficient (Wildman–Crippen LogP) is 4.87. The molecule has 0 heterocycles. The van der Waals surface area contributed by atoms with Gasteiger partial charge in [-0.1, -0.05) is 61.6 Å². The molecule has 6 heteroatoms. The van der Waals surface area contributed by atoms with Crippen molar-refractivity contribution in [3.8, 4) is 11.8 Å². The SMILES string of the molecule is CCSC(CN(CC#Cc1ccccc1)S(=O)(=O)c1ccc(C)cc1)SCC. The van der Waals surface area contributed by atoms with Crippen molar-refractivity contribution in [3.63, 3.8) is 0 Å². The molecule has 0 aromatic heterocycles. The first-order chi connectivity index (χ1) is 13.5. The molecule has 2 aromatic rings. The quantitative estimate of drug-likeness (QED) is 0.418. The van der Waals surface area contributed by atoms with Crippen LogP contribution in [-0.4, -0.2) is 41.9 Å². The van der Waals surface area contributed by atoms with E-state index in [0.717, 1.165) is 22.6 Å². The lowest BCUT2D eigenvalue weighted by atomic mass is 10.2. The summed E-state index contributed by atoms with van der Waals surface area (Å²) in [6.07, 6.45) is 0. The van der Waals surface area contributed by atoms with Gasteiger partial charge in [0.25, 0.3) is 0 Å². The van der Waals surface area contributed by atoms with Crippen LogP contribution in [0.5, 0.6) is 0 Å². The molecule has 0 bridgehead atoms. The molecule has 0 aliphatic carbocycles. The van der Waals surface area contributed by atoms with Crippen LogP contribution in [0.25, 0.3) is 0 Å². The molecule has 0 unspecified atom stereocenters. The largest absolute Gasteiger partial charge is 0.244 e. The zero-order chi connectivity index (χ0) is 20.4. The van der Waals surface area contributed by atoms with Crippen molar-refractivity contribution < 1.29 is 8.42 Å². The number of thioether (sulfide) groups is 2. The van der Waals surface area contributed by atoms with Gasteiger partial charge in [-0.2, -0.15) is 4.31 Å². The van der Waals surface area contributed by atoms with Gasteiger partial charge in [0.05, 0.1) is 16.0 Å². The van der Waals surface area contributed by atoms with Crippen molar-refractivity contribution in [3.05, 3.63) is 65.7 Å². The van der Waals surface area contributed by atoms with Crippen molar-refractivity contribution in [2.24, 2.45) is 0 Å². The van der Waals surface area contributed by atoms with Crippen LogP contribution in [0, 0.1) is 18.8 Å². The first kappa shape index (κ1) is 22.9. The Labute approximate surface area is 178 Å². The number of sulfonamides is 1. The first-order valence-electron chi connectivity index (χ1n) is 9.31. The molecular formula is C22H27NO2S3. The van der Waals surface area contributed by atoms with Crippen LogP contribution in [0.1, 0.15) is 25.0 Å². The van der Waals surface area contributed by atoms with E-state index < -0.39 is 10.0 Å². The third-order valence-corrected chi connectivity index (χ3v) is 8.33. The lowest BCUT2D eigenvalue weighted by Crippen LogP contribution is -2.36. The monoisotopic (exact) mass is 433 g/mol. The summed E-state index contributed by atoms with van der Waals surface area (Å²) in [5.41, 5.74) is 1.92. The highest BCUT2D eigenvalue weighted by Gasteiger charge is 2.26. The van der Waals surface area contributed by atoms with Crippen LogP contribution in [0.2, 0.25) is 0 Å². The Morgan fingerprint density at radius 2 is 1.57 bits per heavy atom. The van der Waals surface area contributed by atoms with Crippen molar-refractivity contribution in [1.29, 1.82) is 0 Å². The molecule has 150 valence electrons. The summed E-state index contributed by atoms with van der Waals surface area (Å²) in [5.74, 6) is 8.03. The number of hydrogen-bond donors (Lipinski definition) is 0. The normalized spacial score (nSPS) is 11.5. The van der Waals surface area contributed by atoms with Gasteiger partial charge in [0.15, 0.2) is 0 Å². The number of rotatable bonds is 9. The number of aryl methyl sites for hydroxylation is 1. The minimum absolute atomic E-state index is 0.177. The molecule has 0 fully saturated rings. The third-order valence-electron chi connectivity index (χ3n) is 3.98. The highest BCUT2D eigenvalue weighted by molar-refractivity contribution is 8.17. The summed E-state index contributed by atoms with van der Waals surface area (Å²) in [6.45, 7) is 6.77. The van der Waals surface area contributed by atoms with Gasteiger partial charge in [0.2, 0.25) is 10.0 Å². The second kappa shape index (κ2) is 11.6. The highest BCUT2D eigenvalue weighted by Crippen LogP contribution is 2.27. The topological polar surface area (TPSA) is 37.4 Å². The van der Waals surface area contributed by atoms with Gasteiger partial charge in [0, 0.05) is 12.1 Å². The van der Waals surface area contributed by atoms with Gasteiger partial charge in [0.1, 0.15) is 0 Å². The van der Waals surface area contributed by atoms with Gasteiger partial charge < -0.3 is 0 Å². The molecule has 28 heavy (non-hydrogen) atoms. The molecule has 0 amide bonds.